The number of carbonyl (C=O) groups is 1. The van der Waals surface area contributed by atoms with Gasteiger partial charge >= 0.3 is 17.8 Å². The molecule has 0 atom stereocenters. The maximum atomic E-state index is 13.0. The van der Waals surface area contributed by atoms with E-state index in [9.17, 15) is 26.7 Å². The van der Waals surface area contributed by atoms with Gasteiger partial charge in [-0.1, -0.05) is 0 Å². The third-order valence-electron chi connectivity index (χ3n) is 4.37. The van der Waals surface area contributed by atoms with Crippen molar-refractivity contribution in [3.05, 3.63) is 64.6 Å². The molecular weight excluding hydrogens is 481 g/mol. The van der Waals surface area contributed by atoms with Crippen molar-refractivity contribution in [3.63, 3.8) is 0 Å². The van der Waals surface area contributed by atoms with Gasteiger partial charge in [-0.05, 0) is 24.3 Å². The predicted octanol–water partition coefficient (Wildman–Crippen LogP) is 2.37. The Hall–Kier alpha value is -4.14. The largest absolute Gasteiger partial charge is 0.490 e. The lowest BCUT2D eigenvalue weighted by Gasteiger charge is -2.11. The second-order valence-corrected chi connectivity index (χ2v) is 7.03. The fourth-order valence-electron chi connectivity index (χ4n) is 2.64. The molecule has 0 fully saturated rings. The molecule has 3 heterocycles. The van der Waals surface area contributed by atoms with Crippen molar-refractivity contribution in [3.8, 4) is 16.9 Å². The molecule has 0 aliphatic heterocycles. The van der Waals surface area contributed by atoms with E-state index in [0.29, 0.717) is 11.4 Å². The number of alkyl halides is 3. The van der Waals surface area contributed by atoms with Gasteiger partial charge in [0.2, 0.25) is 0 Å². The average molecular weight is 501 g/mol. The highest BCUT2D eigenvalue weighted by Crippen LogP contribution is 2.21. The predicted molar refractivity (Wildman–Crippen MR) is 115 cm³/mol. The van der Waals surface area contributed by atoms with Gasteiger partial charge in [-0.15, -0.1) is 0 Å². The van der Waals surface area contributed by atoms with Gasteiger partial charge < -0.3 is 15.7 Å². The Morgan fingerprint density at radius 3 is 2.34 bits per heavy atom. The molecule has 3 rings (SSSR count). The highest BCUT2D eigenvalue weighted by atomic mass is 19.4. The molecule has 0 aliphatic carbocycles. The number of hydrogen-bond donors (Lipinski definition) is 3. The van der Waals surface area contributed by atoms with Gasteiger partial charge in [0.25, 0.3) is 6.08 Å². The van der Waals surface area contributed by atoms with Gasteiger partial charge in [0.1, 0.15) is 11.6 Å². The van der Waals surface area contributed by atoms with Gasteiger partial charge in [0, 0.05) is 50.6 Å². The van der Waals surface area contributed by atoms with Crippen molar-refractivity contribution in [2.45, 2.75) is 12.6 Å². The minimum atomic E-state index is -5.08. The minimum absolute atomic E-state index is 0.136. The smallest absolute Gasteiger partial charge is 0.475 e. The maximum Gasteiger partial charge on any atom is 0.490 e. The van der Waals surface area contributed by atoms with Gasteiger partial charge in [-0.3, -0.25) is 4.98 Å². The number of aliphatic carboxylic acids is 1. The van der Waals surface area contributed by atoms with E-state index in [1.807, 2.05) is 31.1 Å². The Balaban J connectivity index is 0.000000540. The normalized spacial score (nSPS) is 10.9. The average Bonchev–Trinajstić information content (AvgIpc) is 3.17. The van der Waals surface area contributed by atoms with Crippen molar-refractivity contribution in [2.75, 3.05) is 25.5 Å². The molecule has 0 spiro atoms. The molecule has 0 amide bonds. The van der Waals surface area contributed by atoms with Gasteiger partial charge in [-0.25, -0.2) is 24.2 Å². The molecule has 0 unspecified atom stereocenters. The molecule has 3 aromatic heterocycles. The van der Waals surface area contributed by atoms with Crippen molar-refractivity contribution < 1.29 is 31.9 Å². The molecule has 0 saturated carbocycles. The summed E-state index contributed by atoms with van der Waals surface area (Å²) in [4.78, 5) is 31.6. The summed E-state index contributed by atoms with van der Waals surface area (Å²) in [5.41, 5.74) is 6.34. The van der Waals surface area contributed by atoms with E-state index in [4.69, 9.17) is 15.6 Å². The second kappa shape index (κ2) is 11.3. The lowest BCUT2D eigenvalue weighted by Crippen LogP contribution is -2.21. The van der Waals surface area contributed by atoms with E-state index in [1.54, 1.807) is 18.3 Å². The Morgan fingerprint density at radius 2 is 1.86 bits per heavy atom. The molecule has 0 aromatic carbocycles. The number of anilines is 1. The van der Waals surface area contributed by atoms with Crippen LogP contribution in [0.3, 0.4) is 0 Å². The number of carboxylic acids is 1. The number of nitrogens with zero attached hydrogens (tertiary/aromatic N) is 5. The van der Waals surface area contributed by atoms with E-state index in [-0.39, 0.29) is 24.4 Å². The van der Waals surface area contributed by atoms with E-state index >= 15 is 0 Å². The van der Waals surface area contributed by atoms with Gasteiger partial charge in [0.15, 0.2) is 0 Å². The molecule has 188 valence electrons. The first-order valence-corrected chi connectivity index (χ1v) is 9.64. The minimum Gasteiger partial charge on any atom is -0.475 e. The quantitative estimate of drug-likeness (QED) is 0.437. The molecule has 0 aliphatic rings. The zero-order valence-electron chi connectivity index (χ0n) is 18.3. The van der Waals surface area contributed by atoms with Crippen molar-refractivity contribution in [2.24, 2.45) is 5.73 Å². The summed E-state index contributed by atoms with van der Waals surface area (Å²) in [6.45, 7) is -0.325. The van der Waals surface area contributed by atoms with Crippen LogP contribution in [-0.2, 0) is 11.2 Å². The van der Waals surface area contributed by atoms with Crippen LogP contribution >= 0.6 is 0 Å². The van der Waals surface area contributed by atoms with E-state index in [1.165, 1.54) is 10.8 Å². The van der Waals surface area contributed by atoms with Crippen LogP contribution in [0.25, 0.3) is 16.9 Å². The molecule has 0 saturated heterocycles. The van der Waals surface area contributed by atoms with E-state index in [0.717, 1.165) is 11.4 Å². The number of hydrogen-bond acceptors (Lipinski definition) is 7. The summed E-state index contributed by atoms with van der Waals surface area (Å²) in [5.74, 6) is -1.83. The SMILES string of the molecule is CN(C)c1ccc(-c2cc(-n3c(CC(CN)=C(F)F)n[nH]c3=O)ccn2)cn1.O=C(O)C(F)(F)F. The summed E-state index contributed by atoms with van der Waals surface area (Å²) in [5, 5.41) is 13.3. The summed E-state index contributed by atoms with van der Waals surface area (Å²) in [6.07, 6.45) is -3.99. The van der Waals surface area contributed by atoms with E-state index < -0.39 is 23.9 Å². The van der Waals surface area contributed by atoms with Crippen LogP contribution in [-0.4, -0.2) is 62.6 Å². The number of nitrogens with two attached hydrogens (primary N) is 1. The fourth-order valence-corrected chi connectivity index (χ4v) is 2.64. The first-order chi connectivity index (χ1) is 16.3. The molecule has 4 N–H and O–H groups in total. The molecular formula is C20H20F5N7O3. The summed E-state index contributed by atoms with van der Waals surface area (Å²) < 4.78 is 58.9. The first kappa shape index (κ1) is 27.1. The summed E-state index contributed by atoms with van der Waals surface area (Å²) >= 11 is 0. The molecule has 0 radical (unpaired) electrons. The fraction of sp³-hybridized carbons (Fsp3) is 0.250. The number of rotatable bonds is 6. The van der Waals surface area contributed by atoms with Crippen LogP contribution < -0.4 is 16.3 Å². The van der Waals surface area contributed by atoms with Crippen molar-refractivity contribution >= 4 is 11.8 Å². The Bertz CT molecular complexity index is 1250. The molecule has 15 heteroatoms. The molecule has 0 bridgehead atoms. The lowest BCUT2D eigenvalue weighted by atomic mass is 10.1. The van der Waals surface area contributed by atoms with Gasteiger partial charge in [0.05, 0.1) is 11.4 Å². The second-order valence-electron chi connectivity index (χ2n) is 7.03. The van der Waals surface area contributed by atoms with Crippen LogP contribution in [0.15, 0.2) is 53.1 Å². The number of nitrogens with one attached hydrogen (secondary N) is 1. The number of aromatic amines is 1. The maximum absolute atomic E-state index is 13.0. The Labute approximate surface area is 194 Å². The standard InChI is InChI=1S/C18H19F2N7O.C2HF3O2/c1-26(2)15-4-3-11(10-23-15)14-8-13(5-6-22-14)27-16(24-25-18(27)28)7-12(9-21)17(19)20;3-2(4,5)1(6)7/h3-6,8,10H,7,9,21H2,1-2H3,(H,25,28);(H,6,7). The third kappa shape index (κ3) is 7.17. The van der Waals surface area contributed by atoms with Crippen molar-refractivity contribution in [1.82, 2.24) is 24.7 Å². The first-order valence-electron chi connectivity index (χ1n) is 9.64. The molecule has 35 heavy (non-hydrogen) atoms. The van der Waals surface area contributed by atoms with Crippen LogP contribution in [0.5, 0.6) is 0 Å². The van der Waals surface area contributed by atoms with Crippen LogP contribution in [0.1, 0.15) is 5.82 Å². The summed E-state index contributed by atoms with van der Waals surface area (Å²) in [7, 11) is 3.77. The number of H-pyrrole nitrogens is 1. The van der Waals surface area contributed by atoms with E-state index in [2.05, 4.69) is 20.2 Å². The van der Waals surface area contributed by atoms with Crippen LogP contribution in [0.2, 0.25) is 0 Å². The number of halogens is 5. The molecule has 3 aromatic rings. The van der Waals surface area contributed by atoms with Crippen LogP contribution in [0.4, 0.5) is 27.8 Å². The zero-order valence-corrected chi connectivity index (χ0v) is 18.3. The van der Waals surface area contributed by atoms with Crippen LogP contribution in [0, 0.1) is 0 Å². The lowest BCUT2D eigenvalue weighted by molar-refractivity contribution is -0.192. The highest BCUT2D eigenvalue weighted by molar-refractivity contribution is 5.73. The zero-order chi connectivity index (χ0) is 26.3. The Kier molecular flexibility index (Phi) is 8.77. The third-order valence-corrected chi connectivity index (χ3v) is 4.37. The number of carboxylic acid groups (broad SMARTS) is 1. The monoisotopic (exact) mass is 501 g/mol. The van der Waals surface area contributed by atoms with Gasteiger partial charge in [-0.2, -0.15) is 27.1 Å². The Morgan fingerprint density at radius 1 is 1.20 bits per heavy atom. The number of aromatic nitrogens is 5. The topological polar surface area (TPSA) is 143 Å². The highest BCUT2D eigenvalue weighted by Gasteiger charge is 2.38. The summed E-state index contributed by atoms with van der Waals surface area (Å²) in [6, 6.07) is 6.98. The molecule has 10 nitrogen and oxygen atoms in total. The number of pyridine rings is 2. The van der Waals surface area contributed by atoms with Crippen molar-refractivity contribution in [1.29, 1.82) is 0 Å².